The van der Waals surface area contributed by atoms with Crippen LogP contribution in [0.15, 0.2) is 12.3 Å². The number of ketones is 1. The third kappa shape index (κ3) is 2.64. The summed E-state index contributed by atoms with van der Waals surface area (Å²) in [5.41, 5.74) is 13.1. The first-order valence-electron chi connectivity index (χ1n) is 6.04. The van der Waals surface area contributed by atoms with E-state index in [9.17, 15) is 4.79 Å². The van der Waals surface area contributed by atoms with Gasteiger partial charge in [0.25, 0.3) is 0 Å². The number of aryl methyl sites for hydroxylation is 1. The fourth-order valence-corrected chi connectivity index (χ4v) is 2.47. The highest BCUT2D eigenvalue weighted by molar-refractivity contribution is 6.00. The van der Waals surface area contributed by atoms with Gasteiger partial charge in [-0.25, -0.2) is 4.98 Å². The van der Waals surface area contributed by atoms with Gasteiger partial charge < -0.3 is 11.5 Å². The van der Waals surface area contributed by atoms with Gasteiger partial charge in [-0.1, -0.05) is 12.8 Å². The largest absolute Gasteiger partial charge is 0.383 e. The molecule has 1 aromatic rings. The second-order valence-corrected chi connectivity index (χ2v) is 5.11. The lowest BCUT2D eigenvalue weighted by Gasteiger charge is -2.22. The van der Waals surface area contributed by atoms with Gasteiger partial charge in [-0.05, 0) is 31.4 Å². The first kappa shape index (κ1) is 12.0. The molecule has 1 aromatic heterocycles. The van der Waals surface area contributed by atoms with Crippen LogP contribution in [0, 0.1) is 6.92 Å². The molecule has 4 N–H and O–H groups in total. The fraction of sp³-hybridized carbons (Fsp3) is 0.538. The Morgan fingerprint density at radius 3 is 2.76 bits per heavy atom. The van der Waals surface area contributed by atoms with E-state index in [0.717, 1.165) is 31.2 Å². The summed E-state index contributed by atoms with van der Waals surface area (Å²) in [6, 6.07) is 1.79. The van der Waals surface area contributed by atoms with Crippen molar-refractivity contribution in [3.63, 3.8) is 0 Å². The van der Waals surface area contributed by atoms with E-state index in [1.54, 1.807) is 12.3 Å². The lowest BCUT2D eigenvalue weighted by atomic mass is 9.90. The van der Waals surface area contributed by atoms with Gasteiger partial charge in [0.2, 0.25) is 0 Å². The van der Waals surface area contributed by atoms with Gasteiger partial charge in [-0.3, -0.25) is 4.79 Å². The summed E-state index contributed by atoms with van der Waals surface area (Å²) in [5, 5.41) is 0. The van der Waals surface area contributed by atoms with E-state index in [4.69, 9.17) is 11.5 Å². The average molecular weight is 233 g/mol. The minimum Gasteiger partial charge on any atom is -0.383 e. The third-order valence-corrected chi connectivity index (χ3v) is 3.47. The van der Waals surface area contributed by atoms with E-state index >= 15 is 0 Å². The molecule has 1 fully saturated rings. The van der Waals surface area contributed by atoms with E-state index in [0.29, 0.717) is 17.8 Å². The Morgan fingerprint density at radius 2 is 2.12 bits per heavy atom. The molecular weight excluding hydrogens is 214 g/mol. The number of rotatable bonds is 3. The van der Waals surface area contributed by atoms with Gasteiger partial charge >= 0.3 is 0 Å². The molecule has 17 heavy (non-hydrogen) atoms. The Balaban J connectivity index is 2.17. The SMILES string of the molecule is Cc1cnc(N)c(C(=O)CC2(N)CCCC2)c1. The van der Waals surface area contributed by atoms with Gasteiger partial charge in [0.05, 0.1) is 5.56 Å². The van der Waals surface area contributed by atoms with E-state index < -0.39 is 0 Å². The maximum Gasteiger partial charge on any atom is 0.168 e. The molecular formula is C13H19N3O. The number of nitrogen functional groups attached to an aromatic ring is 1. The Kier molecular flexibility index (Phi) is 3.15. The molecule has 0 unspecified atom stereocenters. The van der Waals surface area contributed by atoms with Gasteiger partial charge in [-0.2, -0.15) is 0 Å². The van der Waals surface area contributed by atoms with Crippen molar-refractivity contribution in [2.24, 2.45) is 5.73 Å². The highest BCUT2D eigenvalue weighted by Gasteiger charge is 2.32. The maximum atomic E-state index is 12.2. The quantitative estimate of drug-likeness (QED) is 0.780. The first-order chi connectivity index (χ1) is 8.00. The summed E-state index contributed by atoms with van der Waals surface area (Å²) < 4.78 is 0. The van der Waals surface area contributed by atoms with Gasteiger partial charge in [0.1, 0.15) is 5.82 Å². The standard InChI is InChI=1S/C13H19N3O/c1-9-6-10(12(14)16-8-9)11(17)7-13(15)4-2-3-5-13/h6,8H,2-5,7,15H2,1H3,(H2,14,16). The third-order valence-electron chi connectivity index (χ3n) is 3.47. The zero-order valence-corrected chi connectivity index (χ0v) is 10.2. The van der Waals surface area contributed by atoms with Crippen LogP contribution in [-0.2, 0) is 0 Å². The summed E-state index contributed by atoms with van der Waals surface area (Å²) in [6.07, 6.45) is 6.13. The predicted molar refractivity (Wildman–Crippen MR) is 67.7 cm³/mol. The molecule has 0 radical (unpaired) electrons. The minimum absolute atomic E-state index is 0.0168. The van der Waals surface area contributed by atoms with Crippen molar-refractivity contribution < 1.29 is 4.79 Å². The van der Waals surface area contributed by atoms with E-state index in [1.165, 1.54) is 0 Å². The number of hydrogen-bond donors (Lipinski definition) is 2. The number of carbonyl (C=O) groups is 1. The lowest BCUT2D eigenvalue weighted by Crippen LogP contribution is -2.38. The predicted octanol–water partition coefficient (Wildman–Crippen LogP) is 1.82. The molecule has 1 aliphatic carbocycles. The van der Waals surface area contributed by atoms with Crippen molar-refractivity contribution in [2.45, 2.75) is 44.6 Å². The second-order valence-electron chi connectivity index (χ2n) is 5.11. The average Bonchev–Trinajstić information content (AvgIpc) is 2.68. The molecule has 1 aliphatic rings. The van der Waals surface area contributed by atoms with Crippen LogP contribution >= 0.6 is 0 Å². The molecule has 0 atom stereocenters. The van der Waals surface area contributed by atoms with Crippen molar-refractivity contribution in [1.29, 1.82) is 0 Å². The Morgan fingerprint density at radius 1 is 1.47 bits per heavy atom. The van der Waals surface area contributed by atoms with Crippen LogP contribution < -0.4 is 11.5 Å². The van der Waals surface area contributed by atoms with Crippen molar-refractivity contribution in [3.05, 3.63) is 23.4 Å². The van der Waals surface area contributed by atoms with Crippen molar-refractivity contribution in [2.75, 3.05) is 5.73 Å². The molecule has 2 rings (SSSR count). The zero-order valence-electron chi connectivity index (χ0n) is 10.2. The molecule has 0 saturated heterocycles. The van der Waals surface area contributed by atoms with Crippen molar-refractivity contribution >= 4 is 11.6 Å². The minimum atomic E-state index is -0.326. The lowest BCUT2D eigenvalue weighted by molar-refractivity contribution is 0.0953. The van der Waals surface area contributed by atoms with Crippen LogP contribution in [0.4, 0.5) is 5.82 Å². The number of aromatic nitrogens is 1. The summed E-state index contributed by atoms with van der Waals surface area (Å²) in [5.74, 6) is 0.324. The van der Waals surface area contributed by atoms with Crippen LogP contribution in [0.1, 0.15) is 48.0 Å². The van der Waals surface area contributed by atoms with Crippen molar-refractivity contribution in [3.8, 4) is 0 Å². The van der Waals surface area contributed by atoms with Crippen LogP contribution in [0.25, 0.3) is 0 Å². The second kappa shape index (κ2) is 4.45. The molecule has 4 heteroatoms. The Bertz CT molecular complexity index is 436. The number of nitrogens with zero attached hydrogens (tertiary/aromatic N) is 1. The summed E-state index contributed by atoms with van der Waals surface area (Å²) in [6.45, 7) is 1.90. The normalized spacial score (nSPS) is 18.2. The summed E-state index contributed by atoms with van der Waals surface area (Å²) >= 11 is 0. The fourth-order valence-electron chi connectivity index (χ4n) is 2.47. The molecule has 0 spiro atoms. The van der Waals surface area contributed by atoms with Crippen LogP contribution in [0.3, 0.4) is 0 Å². The number of hydrogen-bond acceptors (Lipinski definition) is 4. The van der Waals surface area contributed by atoms with E-state index in [1.807, 2.05) is 6.92 Å². The maximum absolute atomic E-state index is 12.2. The van der Waals surface area contributed by atoms with E-state index in [-0.39, 0.29) is 11.3 Å². The molecule has 1 heterocycles. The highest BCUT2D eigenvalue weighted by atomic mass is 16.1. The topological polar surface area (TPSA) is 82.0 Å². The molecule has 4 nitrogen and oxygen atoms in total. The highest BCUT2D eigenvalue weighted by Crippen LogP contribution is 2.31. The number of carbonyl (C=O) groups excluding carboxylic acids is 1. The number of anilines is 1. The number of Topliss-reactive ketones (excluding diaryl/α,β-unsaturated/α-hetero) is 1. The molecule has 0 amide bonds. The van der Waals surface area contributed by atoms with E-state index in [2.05, 4.69) is 4.98 Å². The summed E-state index contributed by atoms with van der Waals surface area (Å²) in [7, 11) is 0. The van der Waals surface area contributed by atoms with Crippen molar-refractivity contribution in [1.82, 2.24) is 4.98 Å². The molecule has 0 aromatic carbocycles. The molecule has 1 saturated carbocycles. The van der Waals surface area contributed by atoms with Crippen LogP contribution in [-0.4, -0.2) is 16.3 Å². The molecule has 0 aliphatic heterocycles. The zero-order chi connectivity index (χ0) is 12.5. The first-order valence-corrected chi connectivity index (χ1v) is 6.04. The Labute approximate surface area is 101 Å². The Hall–Kier alpha value is -1.42. The van der Waals surface area contributed by atoms with Gasteiger partial charge in [0.15, 0.2) is 5.78 Å². The molecule has 92 valence electrons. The molecule has 0 bridgehead atoms. The summed E-state index contributed by atoms with van der Waals surface area (Å²) in [4.78, 5) is 16.2. The number of nitrogens with two attached hydrogens (primary N) is 2. The monoisotopic (exact) mass is 233 g/mol. The van der Waals surface area contributed by atoms with Crippen LogP contribution in [0.2, 0.25) is 0 Å². The van der Waals surface area contributed by atoms with Gasteiger partial charge in [-0.15, -0.1) is 0 Å². The number of pyridine rings is 1. The van der Waals surface area contributed by atoms with Crippen LogP contribution in [0.5, 0.6) is 0 Å². The smallest absolute Gasteiger partial charge is 0.168 e. The van der Waals surface area contributed by atoms with Gasteiger partial charge in [0, 0.05) is 18.2 Å².